The Morgan fingerprint density at radius 2 is 2.05 bits per heavy atom. The summed E-state index contributed by atoms with van der Waals surface area (Å²) in [5.41, 5.74) is 0. The third-order valence-corrected chi connectivity index (χ3v) is 3.87. The Bertz CT molecular complexity index is 403. The number of primary sulfonamides is 1. The molecule has 0 bridgehead atoms. The summed E-state index contributed by atoms with van der Waals surface area (Å²) in [6.07, 6.45) is 2.25. The molecule has 1 aliphatic rings. The molecule has 1 aliphatic heterocycles. The molecule has 1 saturated heterocycles. The van der Waals surface area contributed by atoms with Crippen LogP contribution in [-0.2, 0) is 14.8 Å². The Labute approximate surface area is 121 Å². The van der Waals surface area contributed by atoms with Gasteiger partial charge in [-0.2, -0.15) is 0 Å². The lowest BCUT2D eigenvalue weighted by Crippen LogP contribution is -2.47. The molecule has 3 N–H and O–H groups in total. The van der Waals surface area contributed by atoms with E-state index < -0.39 is 10.0 Å². The van der Waals surface area contributed by atoms with E-state index in [0.717, 1.165) is 45.0 Å². The van der Waals surface area contributed by atoms with E-state index in [1.807, 2.05) is 13.8 Å². The van der Waals surface area contributed by atoms with Crippen molar-refractivity contribution >= 4 is 16.0 Å². The summed E-state index contributed by atoms with van der Waals surface area (Å²) in [6.45, 7) is 7.41. The molecule has 0 aromatic carbocycles. The summed E-state index contributed by atoms with van der Waals surface area (Å²) in [6, 6.07) is 0. The van der Waals surface area contributed by atoms with E-state index >= 15 is 0 Å². The smallest absolute Gasteiger partial charge is 0.210 e. The number of hydrogen-bond donors (Lipinski definition) is 2. The van der Waals surface area contributed by atoms with Crippen LogP contribution in [0.25, 0.3) is 0 Å². The number of rotatable bonds is 6. The molecular formula is C12H26N4O3S. The van der Waals surface area contributed by atoms with Gasteiger partial charge in [-0.25, -0.2) is 13.6 Å². The van der Waals surface area contributed by atoms with E-state index in [4.69, 9.17) is 9.88 Å². The van der Waals surface area contributed by atoms with Crippen molar-refractivity contribution in [1.82, 2.24) is 10.2 Å². The standard InChI is InChI=1S/C12H26N4O3S/c1-3-14-12(15-7-10-20(13,17)18)16-8-5-11(6-9-16)19-4-2/h11H,3-10H2,1-2H3,(H,14,15)(H2,13,17,18). The van der Waals surface area contributed by atoms with E-state index in [1.165, 1.54) is 0 Å². The summed E-state index contributed by atoms with van der Waals surface area (Å²) >= 11 is 0. The van der Waals surface area contributed by atoms with Crippen LogP contribution in [0.4, 0.5) is 0 Å². The fraction of sp³-hybridized carbons (Fsp3) is 0.917. The Hall–Kier alpha value is -0.860. The summed E-state index contributed by atoms with van der Waals surface area (Å²) in [4.78, 5) is 6.47. The van der Waals surface area contributed by atoms with Crippen molar-refractivity contribution in [2.24, 2.45) is 10.1 Å². The van der Waals surface area contributed by atoms with Crippen LogP contribution in [0, 0.1) is 0 Å². The van der Waals surface area contributed by atoms with Gasteiger partial charge in [-0.15, -0.1) is 0 Å². The third-order valence-electron chi connectivity index (χ3n) is 3.12. The van der Waals surface area contributed by atoms with E-state index in [2.05, 4.69) is 15.2 Å². The highest BCUT2D eigenvalue weighted by molar-refractivity contribution is 7.89. The number of nitrogens with one attached hydrogen (secondary N) is 1. The predicted octanol–water partition coefficient (Wildman–Crippen LogP) is -0.259. The number of aliphatic imine (C=N–C) groups is 1. The minimum atomic E-state index is -3.45. The lowest BCUT2D eigenvalue weighted by atomic mass is 10.1. The molecule has 118 valence electrons. The number of likely N-dealkylation sites (tertiary alicyclic amines) is 1. The highest BCUT2D eigenvalue weighted by Gasteiger charge is 2.21. The summed E-state index contributed by atoms with van der Waals surface area (Å²) in [7, 11) is -3.45. The van der Waals surface area contributed by atoms with Gasteiger partial charge in [0.15, 0.2) is 5.96 Å². The Kier molecular flexibility index (Phi) is 7.25. The SMILES string of the molecule is CCNC(=NCCS(N)(=O)=O)N1CCC(OCC)CC1. The lowest BCUT2D eigenvalue weighted by molar-refractivity contribution is 0.0264. The van der Waals surface area contributed by atoms with Gasteiger partial charge in [-0.1, -0.05) is 0 Å². The van der Waals surface area contributed by atoms with Crippen molar-refractivity contribution in [2.45, 2.75) is 32.8 Å². The second-order valence-corrected chi connectivity index (χ2v) is 6.48. The molecule has 0 aromatic rings. The molecule has 1 fully saturated rings. The molecule has 0 aromatic heterocycles. The second-order valence-electron chi connectivity index (χ2n) is 4.74. The molecule has 0 unspecified atom stereocenters. The van der Waals surface area contributed by atoms with Crippen molar-refractivity contribution in [3.8, 4) is 0 Å². The zero-order valence-electron chi connectivity index (χ0n) is 12.3. The Balaban J connectivity index is 2.52. The van der Waals surface area contributed by atoms with Crippen molar-refractivity contribution in [3.05, 3.63) is 0 Å². The van der Waals surface area contributed by atoms with Gasteiger partial charge < -0.3 is 15.0 Å². The highest BCUT2D eigenvalue weighted by Crippen LogP contribution is 2.13. The molecular weight excluding hydrogens is 280 g/mol. The largest absolute Gasteiger partial charge is 0.378 e. The zero-order valence-corrected chi connectivity index (χ0v) is 13.2. The number of nitrogens with zero attached hydrogens (tertiary/aromatic N) is 2. The van der Waals surface area contributed by atoms with Crippen LogP contribution in [0.3, 0.4) is 0 Å². The average molecular weight is 306 g/mol. The Morgan fingerprint density at radius 1 is 1.40 bits per heavy atom. The normalized spacial score (nSPS) is 18.4. The topological polar surface area (TPSA) is 97.0 Å². The lowest BCUT2D eigenvalue weighted by Gasteiger charge is -2.34. The monoisotopic (exact) mass is 306 g/mol. The van der Waals surface area contributed by atoms with Crippen LogP contribution in [-0.4, -0.2) is 63.9 Å². The predicted molar refractivity (Wildman–Crippen MR) is 80.2 cm³/mol. The molecule has 0 atom stereocenters. The van der Waals surface area contributed by atoms with Crippen molar-refractivity contribution in [2.75, 3.05) is 38.5 Å². The molecule has 1 rings (SSSR count). The van der Waals surface area contributed by atoms with Crippen LogP contribution in [0.5, 0.6) is 0 Å². The van der Waals surface area contributed by atoms with E-state index in [9.17, 15) is 8.42 Å². The fourth-order valence-electron chi connectivity index (χ4n) is 2.17. The molecule has 0 saturated carbocycles. The van der Waals surface area contributed by atoms with Crippen molar-refractivity contribution < 1.29 is 13.2 Å². The minimum Gasteiger partial charge on any atom is -0.378 e. The van der Waals surface area contributed by atoms with Crippen LogP contribution in [0.1, 0.15) is 26.7 Å². The number of hydrogen-bond acceptors (Lipinski definition) is 4. The van der Waals surface area contributed by atoms with Crippen molar-refractivity contribution in [1.29, 1.82) is 0 Å². The first-order valence-corrected chi connectivity index (χ1v) is 8.83. The molecule has 20 heavy (non-hydrogen) atoms. The first-order valence-electron chi connectivity index (χ1n) is 7.11. The van der Waals surface area contributed by atoms with Crippen molar-refractivity contribution in [3.63, 3.8) is 0 Å². The van der Waals surface area contributed by atoms with E-state index in [-0.39, 0.29) is 12.3 Å². The van der Waals surface area contributed by atoms with Gasteiger partial charge in [-0.3, -0.25) is 4.99 Å². The molecule has 0 aliphatic carbocycles. The second kappa shape index (κ2) is 8.43. The number of ether oxygens (including phenoxy) is 1. The van der Waals surface area contributed by atoms with Gasteiger partial charge in [0.2, 0.25) is 10.0 Å². The van der Waals surface area contributed by atoms with Crippen LogP contribution in [0.2, 0.25) is 0 Å². The maximum absolute atomic E-state index is 10.9. The number of sulfonamides is 1. The summed E-state index contributed by atoms with van der Waals surface area (Å²) in [5, 5.41) is 8.16. The van der Waals surface area contributed by atoms with E-state index in [0.29, 0.717) is 6.10 Å². The van der Waals surface area contributed by atoms with Gasteiger partial charge in [0.05, 0.1) is 18.4 Å². The summed E-state index contributed by atoms with van der Waals surface area (Å²) < 4.78 is 27.5. The van der Waals surface area contributed by atoms with Crippen LogP contribution in [0.15, 0.2) is 4.99 Å². The molecule has 0 radical (unpaired) electrons. The fourth-order valence-corrected chi connectivity index (χ4v) is 2.52. The number of guanidine groups is 1. The van der Waals surface area contributed by atoms with Gasteiger partial charge >= 0.3 is 0 Å². The molecule has 1 heterocycles. The molecule has 0 amide bonds. The number of piperidine rings is 1. The maximum atomic E-state index is 10.9. The van der Waals surface area contributed by atoms with Crippen LogP contribution < -0.4 is 10.5 Å². The molecule has 7 nitrogen and oxygen atoms in total. The quantitative estimate of drug-likeness (QED) is 0.520. The van der Waals surface area contributed by atoms with Gasteiger partial charge in [0, 0.05) is 26.2 Å². The van der Waals surface area contributed by atoms with Gasteiger partial charge in [0.1, 0.15) is 0 Å². The van der Waals surface area contributed by atoms with E-state index in [1.54, 1.807) is 0 Å². The number of nitrogens with two attached hydrogens (primary N) is 1. The zero-order chi connectivity index (χ0) is 15.0. The Morgan fingerprint density at radius 3 is 2.55 bits per heavy atom. The van der Waals surface area contributed by atoms with Gasteiger partial charge in [-0.05, 0) is 26.7 Å². The molecule has 0 spiro atoms. The average Bonchev–Trinajstić information content (AvgIpc) is 2.38. The first kappa shape index (κ1) is 17.2. The summed E-state index contributed by atoms with van der Waals surface area (Å²) in [5.74, 6) is 0.628. The third kappa shape index (κ3) is 6.53. The highest BCUT2D eigenvalue weighted by atomic mass is 32.2. The first-order chi connectivity index (χ1) is 9.46. The minimum absolute atomic E-state index is 0.128. The van der Waals surface area contributed by atoms with Crippen LogP contribution >= 0.6 is 0 Å². The van der Waals surface area contributed by atoms with Gasteiger partial charge in [0.25, 0.3) is 0 Å². The maximum Gasteiger partial charge on any atom is 0.210 e. The molecule has 8 heteroatoms.